The molecule has 0 unspecified atom stereocenters. The third-order valence-electron chi connectivity index (χ3n) is 1.70. The van der Waals surface area contributed by atoms with Crippen molar-refractivity contribution in [3.63, 3.8) is 0 Å². The van der Waals surface area contributed by atoms with E-state index in [2.05, 4.69) is 9.98 Å². The molecule has 0 spiro atoms. The summed E-state index contributed by atoms with van der Waals surface area (Å²) >= 11 is 0. The van der Waals surface area contributed by atoms with Crippen LogP contribution in [0.3, 0.4) is 0 Å². The van der Waals surface area contributed by atoms with Crippen molar-refractivity contribution in [3.05, 3.63) is 23.8 Å². The van der Waals surface area contributed by atoms with Gasteiger partial charge in [-0.3, -0.25) is 9.98 Å². The first-order chi connectivity index (χ1) is 5.81. The SMILES string of the molecule is CN=C1C=CC(CO)=CC1=NC. The second kappa shape index (κ2) is 3.97. The number of allylic oxidation sites excluding steroid dienone is 2. The first kappa shape index (κ1) is 8.87. The molecular formula is C9H12N2O. The number of aliphatic hydroxyl groups is 1. The van der Waals surface area contributed by atoms with Gasteiger partial charge in [0.2, 0.25) is 0 Å². The molecule has 12 heavy (non-hydrogen) atoms. The van der Waals surface area contributed by atoms with Crippen LogP contribution in [0.5, 0.6) is 0 Å². The Labute approximate surface area is 71.9 Å². The normalized spacial score (nSPS) is 23.4. The molecule has 3 heteroatoms. The van der Waals surface area contributed by atoms with Crippen molar-refractivity contribution in [1.82, 2.24) is 0 Å². The molecule has 3 nitrogen and oxygen atoms in total. The van der Waals surface area contributed by atoms with Gasteiger partial charge >= 0.3 is 0 Å². The maximum Gasteiger partial charge on any atom is 0.0826 e. The largest absolute Gasteiger partial charge is 0.392 e. The maximum atomic E-state index is 8.85. The smallest absolute Gasteiger partial charge is 0.0826 e. The van der Waals surface area contributed by atoms with E-state index in [0.717, 1.165) is 17.0 Å². The molecule has 0 radical (unpaired) electrons. The lowest BCUT2D eigenvalue weighted by Crippen LogP contribution is -2.13. The van der Waals surface area contributed by atoms with E-state index < -0.39 is 0 Å². The molecule has 0 aromatic carbocycles. The highest BCUT2D eigenvalue weighted by Gasteiger charge is 2.07. The summed E-state index contributed by atoms with van der Waals surface area (Å²) in [7, 11) is 3.44. The molecule has 0 fully saturated rings. The molecule has 0 amide bonds. The van der Waals surface area contributed by atoms with Gasteiger partial charge in [0.05, 0.1) is 18.0 Å². The Morgan fingerprint density at radius 2 is 1.83 bits per heavy atom. The van der Waals surface area contributed by atoms with Gasteiger partial charge in [-0.05, 0) is 17.7 Å². The molecule has 0 atom stereocenters. The standard InChI is InChI=1S/C9H12N2O/c1-10-8-4-3-7(6-12)5-9(8)11-2/h3-5,12H,6H2,1-2H3. The Morgan fingerprint density at radius 3 is 2.33 bits per heavy atom. The predicted molar refractivity (Wildman–Crippen MR) is 51.0 cm³/mol. The highest BCUT2D eigenvalue weighted by molar-refractivity contribution is 6.51. The zero-order valence-electron chi connectivity index (χ0n) is 7.28. The number of rotatable bonds is 1. The average Bonchev–Trinajstić information content (AvgIpc) is 2.16. The van der Waals surface area contributed by atoms with Gasteiger partial charge in [0.25, 0.3) is 0 Å². The molecule has 0 aliphatic heterocycles. The molecule has 0 bridgehead atoms. The molecule has 0 aromatic rings. The Morgan fingerprint density at radius 1 is 1.17 bits per heavy atom. The number of aliphatic imine (C=N–C) groups is 2. The van der Waals surface area contributed by atoms with Crippen LogP contribution in [0.25, 0.3) is 0 Å². The number of hydrogen-bond acceptors (Lipinski definition) is 3. The summed E-state index contributed by atoms with van der Waals surface area (Å²) in [6.07, 6.45) is 5.53. The van der Waals surface area contributed by atoms with Crippen molar-refractivity contribution >= 4 is 11.4 Å². The molecule has 0 aromatic heterocycles. The van der Waals surface area contributed by atoms with Gasteiger partial charge in [-0.2, -0.15) is 0 Å². The molecule has 1 aliphatic rings. The Kier molecular flexibility index (Phi) is 2.94. The van der Waals surface area contributed by atoms with Crippen LogP contribution >= 0.6 is 0 Å². The van der Waals surface area contributed by atoms with Gasteiger partial charge in [-0.1, -0.05) is 6.08 Å². The van der Waals surface area contributed by atoms with E-state index >= 15 is 0 Å². The highest BCUT2D eigenvalue weighted by Crippen LogP contribution is 2.05. The van der Waals surface area contributed by atoms with Crippen LogP contribution in [0.4, 0.5) is 0 Å². The number of aliphatic hydroxyl groups excluding tert-OH is 1. The monoisotopic (exact) mass is 164 g/mol. The predicted octanol–water partition coefficient (Wildman–Crippen LogP) is 0.617. The average molecular weight is 164 g/mol. The first-order valence-corrected chi connectivity index (χ1v) is 3.75. The van der Waals surface area contributed by atoms with Crippen molar-refractivity contribution < 1.29 is 5.11 Å². The van der Waals surface area contributed by atoms with Crippen LogP contribution in [0.2, 0.25) is 0 Å². The summed E-state index contributed by atoms with van der Waals surface area (Å²) in [6, 6.07) is 0. The Balaban J connectivity index is 2.98. The zero-order valence-corrected chi connectivity index (χ0v) is 7.28. The summed E-state index contributed by atoms with van der Waals surface area (Å²) in [5.41, 5.74) is 2.54. The van der Waals surface area contributed by atoms with Gasteiger partial charge < -0.3 is 5.11 Å². The maximum absolute atomic E-state index is 8.85. The fraction of sp³-hybridized carbons (Fsp3) is 0.333. The van der Waals surface area contributed by atoms with Crippen molar-refractivity contribution in [1.29, 1.82) is 0 Å². The lowest BCUT2D eigenvalue weighted by Gasteiger charge is -2.07. The van der Waals surface area contributed by atoms with Crippen LogP contribution in [-0.4, -0.2) is 37.2 Å². The van der Waals surface area contributed by atoms with E-state index in [9.17, 15) is 0 Å². The number of nitrogens with zero attached hydrogens (tertiary/aromatic N) is 2. The third kappa shape index (κ3) is 1.68. The van der Waals surface area contributed by atoms with Gasteiger partial charge in [-0.15, -0.1) is 0 Å². The first-order valence-electron chi connectivity index (χ1n) is 3.75. The third-order valence-corrected chi connectivity index (χ3v) is 1.70. The zero-order chi connectivity index (χ0) is 8.97. The van der Waals surface area contributed by atoms with Gasteiger partial charge in [0.1, 0.15) is 0 Å². The highest BCUT2D eigenvalue weighted by atomic mass is 16.3. The number of hydrogen-bond donors (Lipinski definition) is 1. The van der Waals surface area contributed by atoms with Gasteiger partial charge in [0.15, 0.2) is 0 Å². The topological polar surface area (TPSA) is 45.0 Å². The van der Waals surface area contributed by atoms with Gasteiger partial charge in [0, 0.05) is 14.1 Å². The molecular weight excluding hydrogens is 152 g/mol. The molecule has 1 aliphatic carbocycles. The Bertz CT molecular complexity index is 285. The van der Waals surface area contributed by atoms with Crippen molar-refractivity contribution in [2.75, 3.05) is 20.7 Å². The van der Waals surface area contributed by atoms with Crippen LogP contribution in [0, 0.1) is 0 Å². The molecule has 1 N–H and O–H groups in total. The van der Waals surface area contributed by atoms with Crippen LogP contribution in [0.1, 0.15) is 0 Å². The van der Waals surface area contributed by atoms with Crippen molar-refractivity contribution in [3.8, 4) is 0 Å². The summed E-state index contributed by atoms with van der Waals surface area (Å²) in [5.74, 6) is 0. The molecule has 64 valence electrons. The lowest BCUT2D eigenvalue weighted by molar-refractivity contribution is 0.335. The molecule has 0 saturated carbocycles. The molecule has 0 saturated heterocycles. The summed E-state index contributed by atoms with van der Waals surface area (Å²) in [5, 5.41) is 8.85. The lowest BCUT2D eigenvalue weighted by atomic mass is 10.0. The van der Waals surface area contributed by atoms with Crippen LogP contribution in [0.15, 0.2) is 33.8 Å². The van der Waals surface area contributed by atoms with E-state index in [1.807, 2.05) is 18.2 Å². The summed E-state index contributed by atoms with van der Waals surface area (Å²) < 4.78 is 0. The fourth-order valence-corrected chi connectivity index (χ4v) is 1.04. The van der Waals surface area contributed by atoms with E-state index in [4.69, 9.17) is 5.11 Å². The van der Waals surface area contributed by atoms with Crippen LogP contribution in [-0.2, 0) is 0 Å². The van der Waals surface area contributed by atoms with Crippen LogP contribution < -0.4 is 0 Å². The quantitative estimate of drug-likeness (QED) is 0.567. The van der Waals surface area contributed by atoms with Crippen molar-refractivity contribution in [2.24, 2.45) is 9.98 Å². The van der Waals surface area contributed by atoms with E-state index in [0.29, 0.717) is 0 Å². The Hall–Kier alpha value is -1.22. The van der Waals surface area contributed by atoms with E-state index in [-0.39, 0.29) is 6.61 Å². The molecule has 1 rings (SSSR count). The second-order valence-corrected chi connectivity index (χ2v) is 2.43. The summed E-state index contributed by atoms with van der Waals surface area (Å²) in [6.45, 7) is 0.0481. The van der Waals surface area contributed by atoms with E-state index in [1.165, 1.54) is 0 Å². The second-order valence-electron chi connectivity index (χ2n) is 2.43. The fourth-order valence-electron chi connectivity index (χ4n) is 1.04. The minimum atomic E-state index is 0.0481. The van der Waals surface area contributed by atoms with Crippen molar-refractivity contribution in [2.45, 2.75) is 0 Å². The minimum absolute atomic E-state index is 0.0481. The molecule has 0 heterocycles. The van der Waals surface area contributed by atoms with E-state index in [1.54, 1.807) is 14.1 Å². The minimum Gasteiger partial charge on any atom is -0.392 e. The van der Waals surface area contributed by atoms with Gasteiger partial charge in [-0.25, -0.2) is 0 Å². The summed E-state index contributed by atoms with van der Waals surface area (Å²) in [4.78, 5) is 8.09.